The molecule has 0 saturated heterocycles. The quantitative estimate of drug-likeness (QED) is 0.445. The zero-order valence-corrected chi connectivity index (χ0v) is 8.12. The molecule has 80 valence electrons. The second-order valence-corrected chi connectivity index (χ2v) is 2.91. The van der Waals surface area contributed by atoms with E-state index in [0.717, 1.165) is 0 Å². The maximum atomic E-state index is 10.5. The molecule has 5 heteroatoms. The summed E-state index contributed by atoms with van der Waals surface area (Å²) in [5.74, 6) is -0.559. The zero-order chi connectivity index (χ0) is 11.3. The smallest absolute Gasteiger partial charge is 0.344 e. The highest BCUT2D eigenvalue weighted by molar-refractivity contribution is 5.79. The molecule has 0 spiro atoms. The Morgan fingerprint density at radius 3 is 2.53 bits per heavy atom. The first kappa shape index (κ1) is 11.0. The summed E-state index contributed by atoms with van der Waals surface area (Å²) in [6, 6.07) is 6.53. The Kier molecular flexibility index (Phi) is 3.68. The van der Waals surface area contributed by atoms with E-state index in [1.54, 1.807) is 24.3 Å². The molecule has 0 aliphatic rings. The van der Waals surface area contributed by atoms with Gasteiger partial charge in [0, 0.05) is 0 Å². The molecule has 1 aromatic rings. The normalized spacial score (nSPS) is 12.6. The van der Waals surface area contributed by atoms with E-state index in [4.69, 9.17) is 15.1 Å². The van der Waals surface area contributed by atoms with Crippen molar-refractivity contribution >= 4 is 12.2 Å². The Morgan fingerprint density at radius 2 is 2.07 bits per heavy atom. The fourth-order valence-corrected chi connectivity index (χ4v) is 0.954. The van der Waals surface area contributed by atoms with Crippen LogP contribution >= 0.6 is 0 Å². The monoisotopic (exact) mass is 209 g/mol. The molecule has 0 aliphatic heterocycles. The predicted octanol–water partition coefficient (Wildman–Crippen LogP) is 1.35. The summed E-state index contributed by atoms with van der Waals surface area (Å²) in [5, 5.41) is 19.7. The summed E-state index contributed by atoms with van der Waals surface area (Å²) in [5.41, 5.74) is 0.702. The molecule has 1 aromatic carbocycles. The number of benzene rings is 1. The molecule has 0 bridgehead atoms. The molecular formula is C10H11NO4. The van der Waals surface area contributed by atoms with Crippen LogP contribution in [0.4, 0.5) is 0 Å². The van der Waals surface area contributed by atoms with Crippen LogP contribution in [0, 0.1) is 0 Å². The highest BCUT2D eigenvalue weighted by Gasteiger charge is 2.11. The standard InChI is InChI=1S/C10H11NO4/c1-7(10(12)13)15-9-4-2-8(3-5-9)6-11-14/h2-7,14H,1H3,(H,12,13)/t7-/m1/s1. The lowest BCUT2D eigenvalue weighted by molar-refractivity contribution is -0.144. The number of carboxylic acid groups (broad SMARTS) is 1. The number of aliphatic carboxylic acids is 1. The minimum atomic E-state index is -1.02. The van der Waals surface area contributed by atoms with Crippen molar-refractivity contribution in [3.63, 3.8) is 0 Å². The van der Waals surface area contributed by atoms with Gasteiger partial charge in [0.05, 0.1) is 6.21 Å². The van der Waals surface area contributed by atoms with Gasteiger partial charge in [-0.2, -0.15) is 0 Å². The van der Waals surface area contributed by atoms with Gasteiger partial charge < -0.3 is 15.1 Å². The first-order valence-electron chi connectivity index (χ1n) is 4.30. The molecule has 1 rings (SSSR count). The topological polar surface area (TPSA) is 79.1 Å². The van der Waals surface area contributed by atoms with Crippen molar-refractivity contribution in [2.45, 2.75) is 13.0 Å². The van der Waals surface area contributed by atoms with Gasteiger partial charge in [-0.3, -0.25) is 0 Å². The fourth-order valence-electron chi connectivity index (χ4n) is 0.954. The summed E-state index contributed by atoms with van der Waals surface area (Å²) in [7, 11) is 0. The van der Waals surface area contributed by atoms with E-state index in [1.165, 1.54) is 13.1 Å². The van der Waals surface area contributed by atoms with Crippen LogP contribution in [0.25, 0.3) is 0 Å². The van der Waals surface area contributed by atoms with Crippen LogP contribution in [-0.2, 0) is 4.79 Å². The lowest BCUT2D eigenvalue weighted by Gasteiger charge is -2.09. The summed E-state index contributed by atoms with van der Waals surface area (Å²) >= 11 is 0. The van der Waals surface area contributed by atoms with E-state index in [9.17, 15) is 4.79 Å². The molecule has 0 aliphatic carbocycles. The highest BCUT2D eigenvalue weighted by Crippen LogP contribution is 2.12. The molecule has 0 heterocycles. The van der Waals surface area contributed by atoms with Crippen LogP contribution in [0.15, 0.2) is 29.4 Å². The first-order chi connectivity index (χ1) is 7.13. The van der Waals surface area contributed by atoms with Gasteiger partial charge in [-0.25, -0.2) is 4.79 Å². The SMILES string of the molecule is C[C@@H](Oc1ccc(C=NO)cc1)C(=O)O. The number of carbonyl (C=O) groups is 1. The van der Waals surface area contributed by atoms with Crippen LogP contribution in [0.3, 0.4) is 0 Å². The zero-order valence-electron chi connectivity index (χ0n) is 8.12. The molecule has 5 nitrogen and oxygen atoms in total. The number of ether oxygens (including phenoxy) is 1. The largest absolute Gasteiger partial charge is 0.479 e. The Bertz CT molecular complexity index is 358. The van der Waals surface area contributed by atoms with Crippen molar-refractivity contribution in [2.24, 2.45) is 5.16 Å². The van der Waals surface area contributed by atoms with Crippen LogP contribution in [0.5, 0.6) is 5.75 Å². The van der Waals surface area contributed by atoms with Crippen molar-refractivity contribution in [1.29, 1.82) is 0 Å². The van der Waals surface area contributed by atoms with Gasteiger partial charge in [0.15, 0.2) is 6.10 Å². The number of rotatable bonds is 4. The van der Waals surface area contributed by atoms with E-state index >= 15 is 0 Å². The average Bonchev–Trinajstić information content (AvgIpc) is 2.21. The summed E-state index contributed by atoms with van der Waals surface area (Å²) in [6.07, 6.45) is 0.382. The Labute approximate surface area is 86.6 Å². The van der Waals surface area contributed by atoms with Crippen LogP contribution < -0.4 is 4.74 Å². The van der Waals surface area contributed by atoms with Gasteiger partial charge in [0.25, 0.3) is 0 Å². The van der Waals surface area contributed by atoms with Crippen molar-refractivity contribution in [3.8, 4) is 5.75 Å². The minimum Gasteiger partial charge on any atom is -0.479 e. The van der Waals surface area contributed by atoms with Crippen molar-refractivity contribution in [3.05, 3.63) is 29.8 Å². The van der Waals surface area contributed by atoms with Gasteiger partial charge in [-0.05, 0) is 36.8 Å². The summed E-state index contributed by atoms with van der Waals surface area (Å²) in [4.78, 5) is 10.5. The Hall–Kier alpha value is -2.04. The van der Waals surface area contributed by atoms with E-state index in [1.807, 2.05) is 0 Å². The number of oxime groups is 1. The molecule has 1 atom stereocenters. The number of nitrogens with zero attached hydrogens (tertiary/aromatic N) is 1. The maximum Gasteiger partial charge on any atom is 0.344 e. The van der Waals surface area contributed by atoms with Gasteiger partial charge in [-0.15, -0.1) is 0 Å². The molecule has 0 saturated carbocycles. The van der Waals surface area contributed by atoms with E-state index in [2.05, 4.69) is 5.16 Å². The van der Waals surface area contributed by atoms with Gasteiger partial charge in [-0.1, -0.05) is 5.16 Å². The molecular weight excluding hydrogens is 198 g/mol. The van der Waals surface area contributed by atoms with Crippen molar-refractivity contribution in [2.75, 3.05) is 0 Å². The lowest BCUT2D eigenvalue weighted by atomic mass is 10.2. The van der Waals surface area contributed by atoms with Crippen molar-refractivity contribution < 1.29 is 19.8 Å². The number of hydrogen-bond acceptors (Lipinski definition) is 4. The molecule has 0 fully saturated rings. The molecule has 15 heavy (non-hydrogen) atoms. The Balaban J connectivity index is 2.68. The van der Waals surface area contributed by atoms with Gasteiger partial charge in [0.1, 0.15) is 5.75 Å². The maximum absolute atomic E-state index is 10.5. The molecule has 0 unspecified atom stereocenters. The van der Waals surface area contributed by atoms with E-state index < -0.39 is 12.1 Å². The van der Waals surface area contributed by atoms with E-state index in [-0.39, 0.29) is 0 Å². The van der Waals surface area contributed by atoms with Gasteiger partial charge >= 0.3 is 5.97 Å². The second kappa shape index (κ2) is 4.99. The van der Waals surface area contributed by atoms with Crippen LogP contribution in [0.1, 0.15) is 12.5 Å². The molecule has 0 radical (unpaired) electrons. The molecule has 0 aromatic heterocycles. The number of hydrogen-bond donors (Lipinski definition) is 2. The minimum absolute atomic E-state index is 0.458. The van der Waals surface area contributed by atoms with Crippen LogP contribution in [0.2, 0.25) is 0 Å². The fraction of sp³-hybridized carbons (Fsp3) is 0.200. The summed E-state index contributed by atoms with van der Waals surface area (Å²) < 4.78 is 5.10. The Morgan fingerprint density at radius 1 is 1.47 bits per heavy atom. The predicted molar refractivity (Wildman–Crippen MR) is 53.5 cm³/mol. The molecule has 2 N–H and O–H groups in total. The van der Waals surface area contributed by atoms with Crippen LogP contribution in [-0.4, -0.2) is 28.6 Å². The molecule has 0 amide bonds. The third kappa shape index (κ3) is 3.30. The lowest BCUT2D eigenvalue weighted by Crippen LogP contribution is -2.22. The van der Waals surface area contributed by atoms with E-state index in [0.29, 0.717) is 11.3 Å². The third-order valence-corrected chi connectivity index (χ3v) is 1.75. The first-order valence-corrected chi connectivity index (χ1v) is 4.30. The average molecular weight is 209 g/mol. The number of carboxylic acids is 1. The van der Waals surface area contributed by atoms with Crippen molar-refractivity contribution in [1.82, 2.24) is 0 Å². The van der Waals surface area contributed by atoms with Gasteiger partial charge in [0.2, 0.25) is 0 Å². The summed E-state index contributed by atoms with van der Waals surface area (Å²) in [6.45, 7) is 1.45. The third-order valence-electron chi connectivity index (χ3n) is 1.75. The highest BCUT2D eigenvalue weighted by atomic mass is 16.5. The second-order valence-electron chi connectivity index (χ2n) is 2.91.